The summed E-state index contributed by atoms with van der Waals surface area (Å²) in [6, 6.07) is 32.1. The highest BCUT2D eigenvalue weighted by Gasteiger charge is 2.35. The number of aryl methyl sites for hydroxylation is 1. The minimum Gasteiger partial charge on any atom is -0.358 e. The Labute approximate surface area is 239 Å². The van der Waals surface area contributed by atoms with Crippen molar-refractivity contribution in [3.8, 4) is 10.6 Å². The van der Waals surface area contributed by atoms with Gasteiger partial charge in [-0.3, -0.25) is 4.79 Å². The fraction of sp³-hybridized carbons (Fsp3) is 0.0625. The molecule has 40 heavy (non-hydrogen) atoms. The first kappa shape index (κ1) is 24.4. The minimum atomic E-state index is -0.204. The van der Waals surface area contributed by atoms with Gasteiger partial charge in [0.25, 0.3) is 5.91 Å². The number of hydrogen-bond acceptors (Lipinski definition) is 7. The molecular weight excluding hydrogens is 535 g/mol. The van der Waals surface area contributed by atoms with E-state index in [0.717, 1.165) is 43.3 Å². The largest absolute Gasteiger partial charge is 0.358 e. The molecule has 6 aromatic rings. The summed E-state index contributed by atoms with van der Waals surface area (Å²) in [7, 11) is 0. The maximum atomic E-state index is 13.8. The highest BCUT2D eigenvalue weighted by molar-refractivity contribution is 7.22. The third-order valence-electron chi connectivity index (χ3n) is 6.74. The molecule has 3 heterocycles. The first-order valence-corrected chi connectivity index (χ1v) is 14.5. The van der Waals surface area contributed by atoms with Crippen molar-refractivity contribution in [2.75, 3.05) is 10.3 Å². The molecule has 0 spiro atoms. The Kier molecular flexibility index (Phi) is 5.99. The lowest BCUT2D eigenvalue weighted by atomic mass is 10.0. The molecule has 0 unspecified atom stereocenters. The fourth-order valence-corrected chi connectivity index (χ4v) is 6.73. The Morgan fingerprint density at radius 3 is 2.33 bits per heavy atom. The summed E-state index contributed by atoms with van der Waals surface area (Å²) in [6.07, 6.45) is 0. The average molecular weight is 558 g/mol. The van der Waals surface area contributed by atoms with Crippen molar-refractivity contribution in [3.05, 3.63) is 119 Å². The van der Waals surface area contributed by atoms with Crippen LogP contribution in [0.2, 0.25) is 0 Å². The first-order valence-electron chi connectivity index (χ1n) is 12.8. The monoisotopic (exact) mass is 557 g/mol. The van der Waals surface area contributed by atoms with Crippen molar-refractivity contribution in [1.29, 1.82) is 0 Å². The molecule has 1 aliphatic heterocycles. The number of benzene rings is 4. The van der Waals surface area contributed by atoms with Crippen LogP contribution in [-0.4, -0.2) is 21.6 Å². The number of anilines is 2. The molecule has 0 saturated carbocycles. The quantitative estimate of drug-likeness (QED) is 0.218. The molecule has 0 fully saturated rings. The predicted octanol–water partition coefficient (Wildman–Crippen LogP) is 8.02. The van der Waals surface area contributed by atoms with Crippen LogP contribution in [0.1, 0.15) is 18.1 Å². The maximum absolute atomic E-state index is 13.8. The number of para-hydroxylation sites is 1. The molecule has 1 aliphatic rings. The standard InChI is InChI=1S/C32H23N5OS2/c1-19-12-17-25-27(18-19)39-30(34-25)22-13-15-23(16-14-22)33-20(2)28-29(21-8-4-3-5-9-21)36-37(31(28)38)32-35-24-10-6-7-11-26(24)40-32/h3-18,33H,1-2H3/b28-20+. The zero-order valence-electron chi connectivity index (χ0n) is 21.8. The number of fused-ring (bicyclic) bond motifs is 2. The number of amides is 1. The summed E-state index contributed by atoms with van der Waals surface area (Å²) in [6.45, 7) is 4.01. The van der Waals surface area contributed by atoms with E-state index in [1.165, 1.54) is 26.6 Å². The van der Waals surface area contributed by atoms with Crippen molar-refractivity contribution in [3.63, 3.8) is 0 Å². The second kappa shape index (κ2) is 9.82. The van der Waals surface area contributed by atoms with Gasteiger partial charge in [-0.2, -0.15) is 10.1 Å². The van der Waals surface area contributed by atoms with Crippen molar-refractivity contribution >= 4 is 65.5 Å². The number of thiazole rings is 2. The van der Waals surface area contributed by atoms with E-state index in [2.05, 4.69) is 47.6 Å². The van der Waals surface area contributed by atoms with Gasteiger partial charge in [-0.05, 0) is 67.9 Å². The summed E-state index contributed by atoms with van der Waals surface area (Å²) in [5.41, 5.74) is 7.77. The molecule has 0 saturated heterocycles. The number of hydrogen-bond donors (Lipinski definition) is 1. The van der Waals surface area contributed by atoms with Gasteiger partial charge in [0.1, 0.15) is 10.7 Å². The van der Waals surface area contributed by atoms with E-state index in [0.29, 0.717) is 16.4 Å². The van der Waals surface area contributed by atoms with Gasteiger partial charge in [-0.25, -0.2) is 9.97 Å². The molecule has 0 radical (unpaired) electrons. The molecule has 194 valence electrons. The van der Waals surface area contributed by atoms with Gasteiger partial charge in [-0.1, -0.05) is 59.9 Å². The fourth-order valence-electron chi connectivity index (χ4n) is 4.75. The third kappa shape index (κ3) is 4.37. The van der Waals surface area contributed by atoms with Crippen LogP contribution in [0.5, 0.6) is 0 Å². The van der Waals surface area contributed by atoms with Crippen LogP contribution in [-0.2, 0) is 4.79 Å². The molecule has 0 atom stereocenters. The lowest BCUT2D eigenvalue weighted by Gasteiger charge is -2.12. The van der Waals surface area contributed by atoms with Crippen LogP contribution < -0.4 is 10.3 Å². The van der Waals surface area contributed by atoms with Crippen molar-refractivity contribution in [1.82, 2.24) is 9.97 Å². The van der Waals surface area contributed by atoms with Gasteiger partial charge >= 0.3 is 0 Å². The van der Waals surface area contributed by atoms with E-state index >= 15 is 0 Å². The third-order valence-corrected chi connectivity index (χ3v) is 8.82. The molecule has 4 aromatic carbocycles. The Morgan fingerprint density at radius 1 is 0.775 bits per heavy atom. The Hall–Kier alpha value is -4.66. The van der Waals surface area contributed by atoms with Gasteiger partial charge in [-0.15, -0.1) is 11.3 Å². The number of nitrogens with one attached hydrogen (secondary N) is 1. The van der Waals surface area contributed by atoms with Crippen LogP contribution in [0, 0.1) is 6.92 Å². The summed E-state index contributed by atoms with van der Waals surface area (Å²) < 4.78 is 2.19. The van der Waals surface area contributed by atoms with Crippen LogP contribution >= 0.6 is 22.7 Å². The lowest BCUT2D eigenvalue weighted by molar-refractivity contribution is -0.114. The normalized spacial score (nSPS) is 14.7. The second-order valence-electron chi connectivity index (χ2n) is 9.59. The number of allylic oxidation sites excluding steroid dienone is 1. The number of nitrogens with zero attached hydrogens (tertiary/aromatic N) is 4. The molecule has 2 aromatic heterocycles. The Morgan fingerprint density at radius 2 is 1.52 bits per heavy atom. The SMILES string of the molecule is C/C(Nc1ccc(-c2nc3ccc(C)cc3s2)cc1)=C1\C(=O)N(c2nc3ccccc3s2)N=C1c1ccccc1. The van der Waals surface area contributed by atoms with E-state index in [9.17, 15) is 4.79 Å². The van der Waals surface area contributed by atoms with Crippen molar-refractivity contribution < 1.29 is 4.79 Å². The van der Waals surface area contributed by atoms with Crippen molar-refractivity contribution in [2.24, 2.45) is 5.10 Å². The van der Waals surface area contributed by atoms with Gasteiger partial charge < -0.3 is 5.32 Å². The van der Waals surface area contributed by atoms with Crippen LogP contribution in [0.25, 0.3) is 31.0 Å². The number of aromatic nitrogens is 2. The van der Waals surface area contributed by atoms with E-state index in [1.54, 1.807) is 11.3 Å². The van der Waals surface area contributed by atoms with Gasteiger partial charge in [0.2, 0.25) is 5.13 Å². The van der Waals surface area contributed by atoms with Crippen LogP contribution in [0.15, 0.2) is 113 Å². The van der Waals surface area contributed by atoms with E-state index in [-0.39, 0.29) is 5.91 Å². The molecule has 7 rings (SSSR count). The van der Waals surface area contributed by atoms with Gasteiger partial charge in [0, 0.05) is 22.5 Å². The van der Waals surface area contributed by atoms with E-state index in [1.807, 2.05) is 73.7 Å². The predicted molar refractivity (Wildman–Crippen MR) is 166 cm³/mol. The molecule has 1 amide bonds. The molecule has 6 nitrogen and oxygen atoms in total. The highest BCUT2D eigenvalue weighted by atomic mass is 32.1. The van der Waals surface area contributed by atoms with E-state index in [4.69, 9.17) is 10.1 Å². The number of carbonyl (C=O) groups is 1. The smallest absolute Gasteiger partial charge is 0.284 e. The number of hydrazone groups is 1. The van der Waals surface area contributed by atoms with Gasteiger partial charge in [0.15, 0.2) is 0 Å². The summed E-state index contributed by atoms with van der Waals surface area (Å²) >= 11 is 3.14. The first-order chi connectivity index (χ1) is 19.5. The zero-order chi connectivity index (χ0) is 27.2. The van der Waals surface area contributed by atoms with Crippen LogP contribution in [0.4, 0.5) is 10.8 Å². The highest BCUT2D eigenvalue weighted by Crippen LogP contribution is 2.35. The zero-order valence-corrected chi connectivity index (χ0v) is 23.4. The molecule has 0 bridgehead atoms. The number of rotatable bonds is 5. The van der Waals surface area contributed by atoms with E-state index < -0.39 is 0 Å². The average Bonchev–Trinajstić information content (AvgIpc) is 3.68. The summed E-state index contributed by atoms with van der Waals surface area (Å²) in [4.78, 5) is 23.3. The summed E-state index contributed by atoms with van der Waals surface area (Å²) in [5.74, 6) is -0.204. The van der Waals surface area contributed by atoms with Crippen molar-refractivity contribution in [2.45, 2.75) is 13.8 Å². The molecule has 1 N–H and O–H groups in total. The second-order valence-corrected chi connectivity index (χ2v) is 11.6. The lowest BCUT2D eigenvalue weighted by Crippen LogP contribution is -2.23. The Bertz CT molecular complexity index is 1940. The maximum Gasteiger partial charge on any atom is 0.284 e. The van der Waals surface area contributed by atoms with Gasteiger partial charge in [0.05, 0.1) is 26.0 Å². The number of carbonyl (C=O) groups excluding carboxylic acids is 1. The minimum absolute atomic E-state index is 0.204. The topological polar surface area (TPSA) is 70.5 Å². The Balaban J connectivity index is 1.22. The van der Waals surface area contributed by atoms with Crippen LogP contribution in [0.3, 0.4) is 0 Å². The molecule has 0 aliphatic carbocycles. The summed E-state index contributed by atoms with van der Waals surface area (Å²) in [5, 5.41) is 11.2. The molecule has 8 heteroatoms. The molecular formula is C32H23N5OS2.